The molecule has 2 rings (SSSR count). The molecule has 0 aromatic heterocycles. The number of hydrogen-bond donors (Lipinski definition) is 0. The summed E-state index contributed by atoms with van der Waals surface area (Å²) < 4.78 is 23.2. The molecule has 0 unspecified atom stereocenters. The summed E-state index contributed by atoms with van der Waals surface area (Å²) >= 11 is 0. The van der Waals surface area contributed by atoms with Crippen molar-refractivity contribution >= 4 is 40.0 Å². The summed E-state index contributed by atoms with van der Waals surface area (Å²) in [6, 6.07) is 7.47. The predicted octanol–water partition coefficient (Wildman–Crippen LogP) is 4.86. The Labute approximate surface area is 149 Å². The van der Waals surface area contributed by atoms with Gasteiger partial charge in [0.05, 0.1) is 0 Å². The van der Waals surface area contributed by atoms with E-state index in [-0.39, 0.29) is 52.2 Å². The quantitative estimate of drug-likeness (QED) is 0.500. The molecule has 0 spiro atoms. The maximum Gasteiger partial charge on any atom is 0.105 e. The molecule has 0 bridgehead atoms. The van der Waals surface area contributed by atoms with Gasteiger partial charge in [0.2, 0.25) is 0 Å². The van der Waals surface area contributed by atoms with Gasteiger partial charge in [-0.2, -0.15) is 0 Å². The number of benzene rings is 1. The molecule has 0 N–H and O–H groups in total. The van der Waals surface area contributed by atoms with Crippen molar-refractivity contribution in [1.29, 1.82) is 0 Å². The fourth-order valence-electron chi connectivity index (χ4n) is 0.934. The van der Waals surface area contributed by atoms with Gasteiger partial charge < -0.3 is 0 Å². The first-order valence-corrected chi connectivity index (χ1v) is 8.53. The molecule has 7 heteroatoms. The monoisotopic (exact) mass is 375 g/mol. The number of allylic oxidation sites excluding steroid dienone is 4. The van der Waals surface area contributed by atoms with E-state index in [1.165, 1.54) is 12.1 Å². The Morgan fingerprint density at radius 3 is 1.55 bits per heavy atom. The van der Waals surface area contributed by atoms with Crippen LogP contribution < -0.4 is 5.34 Å². The SMILES string of the molecule is C1=CCC=C1.C[SiH2]C.Cl.Cl.FN(F)c1ccccc1.[Ti]. The van der Waals surface area contributed by atoms with E-state index in [1.54, 1.807) is 18.2 Å². The molecule has 0 atom stereocenters. The van der Waals surface area contributed by atoms with Gasteiger partial charge in [-0.1, -0.05) is 64.6 Å². The topological polar surface area (TPSA) is 3.24 Å². The fourth-order valence-corrected chi connectivity index (χ4v) is 0.934. The number of para-hydroxylation sites is 1. The Morgan fingerprint density at radius 1 is 0.950 bits per heavy atom. The molecule has 0 fully saturated rings. The van der Waals surface area contributed by atoms with E-state index >= 15 is 0 Å². The van der Waals surface area contributed by atoms with E-state index in [2.05, 4.69) is 37.4 Å². The third-order valence-corrected chi connectivity index (χ3v) is 1.61. The third kappa shape index (κ3) is 17.9. The zero-order valence-corrected chi connectivity index (χ0v) is 16.2. The minimum atomic E-state index is -0.917. The van der Waals surface area contributed by atoms with E-state index in [0.29, 0.717) is 9.52 Å². The van der Waals surface area contributed by atoms with Crippen LogP contribution in [0.15, 0.2) is 54.6 Å². The Morgan fingerprint density at radius 2 is 1.35 bits per heavy atom. The molecule has 1 aliphatic carbocycles. The Bertz CT molecular complexity index is 328. The maximum atomic E-state index is 11.6. The minimum Gasteiger partial charge on any atom is -0.147 e. The number of rotatable bonds is 1. The van der Waals surface area contributed by atoms with Crippen LogP contribution >= 0.6 is 24.8 Å². The second-order valence-electron chi connectivity index (χ2n) is 3.37. The summed E-state index contributed by atoms with van der Waals surface area (Å²) in [5.74, 6) is 0. The normalized spacial score (nSPS) is 9.40. The number of halogens is 4. The van der Waals surface area contributed by atoms with Gasteiger partial charge in [0, 0.05) is 31.2 Å². The molecule has 1 aliphatic rings. The first-order valence-electron chi connectivity index (χ1n) is 5.70. The van der Waals surface area contributed by atoms with Crippen LogP contribution in [-0.2, 0) is 21.7 Å². The van der Waals surface area contributed by atoms with Crippen LogP contribution in [0.4, 0.5) is 14.6 Å². The van der Waals surface area contributed by atoms with Gasteiger partial charge in [0.15, 0.2) is 0 Å². The van der Waals surface area contributed by atoms with E-state index in [0.717, 1.165) is 6.42 Å². The van der Waals surface area contributed by atoms with E-state index in [1.807, 2.05) is 0 Å². The van der Waals surface area contributed by atoms with Gasteiger partial charge in [-0.15, -0.1) is 24.8 Å². The van der Waals surface area contributed by atoms with Crippen LogP contribution in [0.5, 0.6) is 0 Å². The molecule has 1 aromatic carbocycles. The van der Waals surface area contributed by atoms with Crippen LogP contribution in [0.1, 0.15) is 6.42 Å². The molecule has 0 saturated carbocycles. The Kier molecular flexibility index (Phi) is 29.7. The molecular weight excluding hydrogens is 355 g/mol. The number of nitrogens with zero attached hydrogens (tertiary/aromatic N) is 1. The van der Waals surface area contributed by atoms with Crippen molar-refractivity contribution in [2.24, 2.45) is 0 Å². The summed E-state index contributed by atoms with van der Waals surface area (Å²) in [5, 5.41) is -0.917. The predicted molar refractivity (Wildman–Crippen MR) is 88.8 cm³/mol. The van der Waals surface area contributed by atoms with Crippen molar-refractivity contribution in [2.75, 3.05) is 5.34 Å². The van der Waals surface area contributed by atoms with Gasteiger partial charge in [0.25, 0.3) is 0 Å². The molecule has 0 radical (unpaired) electrons. The molecule has 0 saturated heterocycles. The zero-order chi connectivity index (χ0) is 12.9. The first kappa shape index (κ1) is 28.1. The molecule has 0 aliphatic heterocycles. The van der Waals surface area contributed by atoms with Gasteiger partial charge in [-0.05, 0) is 23.9 Å². The van der Waals surface area contributed by atoms with Crippen molar-refractivity contribution in [3.63, 3.8) is 0 Å². The molecule has 0 amide bonds. The van der Waals surface area contributed by atoms with Crippen molar-refractivity contribution in [1.82, 2.24) is 0 Å². The third-order valence-electron chi connectivity index (χ3n) is 1.61. The molecular formula is C13H21Cl2F2NSiTi. The van der Waals surface area contributed by atoms with Crippen LogP contribution in [0.2, 0.25) is 13.1 Å². The van der Waals surface area contributed by atoms with Crippen LogP contribution in [0.3, 0.4) is 0 Å². The summed E-state index contributed by atoms with van der Waals surface area (Å²) in [7, 11) is 0.417. The number of hydrogen-bond acceptors (Lipinski definition) is 1. The van der Waals surface area contributed by atoms with Crippen molar-refractivity contribution in [3.05, 3.63) is 54.6 Å². The van der Waals surface area contributed by atoms with Crippen LogP contribution in [0, 0.1) is 0 Å². The first-order chi connectivity index (χ1) is 8.22. The van der Waals surface area contributed by atoms with Crippen molar-refractivity contribution in [3.8, 4) is 0 Å². The van der Waals surface area contributed by atoms with Crippen molar-refractivity contribution < 1.29 is 30.7 Å². The van der Waals surface area contributed by atoms with Gasteiger partial charge >= 0.3 is 0 Å². The zero-order valence-electron chi connectivity index (χ0n) is 11.6. The second kappa shape index (κ2) is 21.2. The average Bonchev–Trinajstić information content (AvgIpc) is 2.90. The maximum absolute atomic E-state index is 11.6. The van der Waals surface area contributed by atoms with Crippen molar-refractivity contribution in [2.45, 2.75) is 19.5 Å². The smallest absolute Gasteiger partial charge is 0.105 e. The average molecular weight is 376 g/mol. The molecule has 114 valence electrons. The standard InChI is InChI=1S/C6H5F2N.C5H6.C2H8Si.2ClH.Ti/c7-9(8)6-4-2-1-3-5-6;1-2-4-5-3-1;1-3-2;;;/h1-5H;1-4H,5H2;3H2,1-2H3;2*1H;. The Balaban J connectivity index is -0.000000102. The van der Waals surface area contributed by atoms with E-state index < -0.39 is 5.34 Å². The van der Waals surface area contributed by atoms with Crippen LogP contribution in [-0.4, -0.2) is 9.52 Å². The Hall–Kier alpha value is -0.129. The molecule has 0 heterocycles. The van der Waals surface area contributed by atoms with Gasteiger partial charge in [0.1, 0.15) is 5.69 Å². The summed E-state index contributed by atoms with van der Waals surface area (Å²) in [4.78, 5) is 0. The van der Waals surface area contributed by atoms with E-state index in [9.17, 15) is 8.96 Å². The van der Waals surface area contributed by atoms with E-state index in [4.69, 9.17) is 0 Å². The summed E-state index contributed by atoms with van der Waals surface area (Å²) in [5.41, 5.74) is -0.0856. The second-order valence-corrected chi connectivity index (χ2v) is 4.78. The number of anilines is 1. The fraction of sp³-hybridized carbons (Fsp3) is 0.231. The molecule has 1 aromatic rings. The minimum absolute atomic E-state index is 0. The van der Waals surface area contributed by atoms with Crippen LogP contribution in [0.25, 0.3) is 0 Å². The van der Waals surface area contributed by atoms with Gasteiger partial charge in [-0.3, -0.25) is 0 Å². The summed E-state index contributed by atoms with van der Waals surface area (Å²) in [6.07, 6.45) is 9.50. The van der Waals surface area contributed by atoms with Gasteiger partial charge in [-0.25, -0.2) is 0 Å². The molecule has 20 heavy (non-hydrogen) atoms. The molecule has 1 nitrogen and oxygen atoms in total. The largest absolute Gasteiger partial charge is 0.147 e. The summed E-state index contributed by atoms with van der Waals surface area (Å²) in [6.45, 7) is 4.53.